The van der Waals surface area contributed by atoms with Crippen LogP contribution in [0.2, 0.25) is 5.02 Å². The fourth-order valence-electron chi connectivity index (χ4n) is 5.58. The first kappa shape index (κ1) is 25.9. The topological polar surface area (TPSA) is 86.0 Å². The number of ether oxygens (including phenoxy) is 3. The number of imidazole rings is 1. The van der Waals surface area contributed by atoms with E-state index in [1.807, 2.05) is 30.3 Å². The zero-order valence-corrected chi connectivity index (χ0v) is 22.4. The Bertz CT molecular complexity index is 1340. The van der Waals surface area contributed by atoms with Gasteiger partial charge in [-0.15, -0.1) is 0 Å². The van der Waals surface area contributed by atoms with Crippen molar-refractivity contribution < 1.29 is 24.1 Å². The van der Waals surface area contributed by atoms with E-state index in [9.17, 15) is 4.79 Å². The van der Waals surface area contributed by atoms with E-state index in [-0.39, 0.29) is 12.2 Å². The number of hydrogen-bond acceptors (Lipinski definition) is 6. The van der Waals surface area contributed by atoms with Crippen LogP contribution in [0, 0.1) is 0 Å². The van der Waals surface area contributed by atoms with Gasteiger partial charge in [-0.3, -0.25) is 4.90 Å². The molecule has 4 heterocycles. The molecule has 0 amide bonds. The van der Waals surface area contributed by atoms with Crippen molar-refractivity contribution in [1.82, 2.24) is 14.5 Å². The minimum Gasteiger partial charge on any atom is -0.485 e. The lowest BCUT2D eigenvalue weighted by molar-refractivity contribution is -0.131. The van der Waals surface area contributed by atoms with Crippen molar-refractivity contribution in [1.29, 1.82) is 0 Å². The van der Waals surface area contributed by atoms with Gasteiger partial charge in [-0.2, -0.15) is 0 Å². The molecule has 0 spiro atoms. The average molecular weight is 550 g/mol. The average Bonchev–Trinajstić information content (AvgIpc) is 3.30. The van der Waals surface area contributed by atoms with E-state index in [0.29, 0.717) is 24.1 Å². The minimum absolute atomic E-state index is 0.156. The number of aliphatic carboxylic acids is 1. The van der Waals surface area contributed by atoms with Crippen LogP contribution in [0.25, 0.3) is 6.08 Å². The number of carboxylic acid groups (broad SMARTS) is 1. The predicted octanol–water partition coefficient (Wildman–Crippen LogP) is 5.32. The van der Waals surface area contributed by atoms with E-state index >= 15 is 0 Å². The van der Waals surface area contributed by atoms with Crippen LogP contribution in [0.15, 0.2) is 54.7 Å². The summed E-state index contributed by atoms with van der Waals surface area (Å²) in [6.45, 7) is 4.54. The highest BCUT2D eigenvalue weighted by Gasteiger charge is 2.30. The molecule has 2 atom stereocenters. The zero-order valence-electron chi connectivity index (χ0n) is 21.7. The van der Waals surface area contributed by atoms with Gasteiger partial charge < -0.3 is 23.9 Å². The minimum atomic E-state index is -0.968. The SMILES string of the molecule is O=C(O)/C=C/c1cnc(CN2CCC(c3cccc4c3OC[C@@H](c3ccc(Cl)cc3)O4)CC2)n1C[C@@H]1CCO1. The largest absolute Gasteiger partial charge is 0.485 e. The van der Waals surface area contributed by atoms with Gasteiger partial charge in [-0.1, -0.05) is 35.9 Å². The van der Waals surface area contributed by atoms with Crippen molar-refractivity contribution in [2.75, 3.05) is 26.3 Å². The third kappa shape index (κ3) is 5.83. The molecule has 0 saturated carbocycles. The molecular weight excluding hydrogens is 518 g/mol. The number of likely N-dealkylation sites (tertiary alicyclic amines) is 1. The van der Waals surface area contributed by atoms with Crippen LogP contribution >= 0.6 is 11.6 Å². The van der Waals surface area contributed by atoms with Gasteiger partial charge in [0, 0.05) is 23.3 Å². The van der Waals surface area contributed by atoms with Crippen molar-refractivity contribution in [2.24, 2.45) is 0 Å². The second kappa shape index (κ2) is 11.4. The van der Waals surface area contributed by atoms with Crippen LogP contribution in [0.5, 0.6) is 11.5 Å². The molecule has 8 nitrogen and oxygen atoms in total. The molecule has 3 aromatic rings. The quantitative estimate of drug-likeness (QED) is 0.381. The summed E-state index contributed by atoms with van der Waals surface area (Å²) < 4.78 is 20.4. The molecule has 1 aromatic heterocycles. The first-order valence-electron chi connectivity index (χ1n) is 13.5. The van der Waals surface area contributed by atoms with Gasteiger partial charge in [0.05, 0.1) is 31.1 Å². The normalized spacial score (nSPS) is 21.7. The van der Waals surface area contributed by atoms with Crippen molar-refractivity contribution >= 4 is 23.6 Å². The molecule has 2 aromatic carbocycles. The van der Waals surface area contributed by atoms with Gasteiger partial charge in [-0.25, -0.2) is 9.78 Å². The highest BCUT2D eigenvalue weighted by atomic mass is 35.5. The number of rotatable bonds is 8. The molecule has 1 N–H and O–H groups in total. The van der Waals surface area contributed by atoms with Crippen LogP contribution in [-0.2, 0) is 22.6 Å². The first-order chi connectivity index (χ1) is 19.0. The van der Waals surface area contributed by atoms with Crippen molar-refractivity contribution in [3.8, 4) is 11.5 Å². The number of para-hydroxylation sites is 1. The number of aromatic nitrogens is 2. The number of benzene rings is 2. The Morgan fingerprint density at radius 1 is 1.13 bits per heavy atom. The second-order valence-corrected chi connectivity index (χ2v) is 10.8. The lowest BCUT2D eigenvalue weighted by atomic mass is 9.88. The maximum Gasteiger partial charge on any atom is 0.328 e. The van der Waals surface area contributed by atoms with Gasteiger partial charge in [0.1, 0.15) is 12.4 Å². The van der Waals surface area contributed by atoms with Crippen LogP contribution in [0.1, 0.15) is 53.9 Å². The van der Waals surface area contributed by atoms with Crippen molar-refractivity contribution in [3.05, 3.63) is 82.4 Å². The summed E-state index contributed by atoms with van der Waals surface area (Å²) in [6.07, 6.45) is 7.57. The van der Waals surface area contributed by atoms with E-state index in [4.69, 9.17) is 30.9 Å². The maximum atomic E-state index is 11.1. The number of halogens is 1. The standard InChI is InChI=1S/C30H32ClN3O5/c31-22-6-4-21(5-7-22)27-19-38-30-25(2-1-3-26(30)39-27)20-10-13-33(14-11-20)18-28-32-16-23(8-9-29(35)36)34(28)17-24-12-15-37-24/h1-9,16,20,24,27H,10-15,17-19H2,(H,35,36)/b9-8+/t24-,27-/m0/s1. The lowest BCUT2D eigenvalue weighted by Crippen LogP contribution is -2.35. The molecular formula is C30H32ClN3O5. The molecule has 9 heteroatoms. The summed E-state index contributed by atoms with van der Waals surface area (Å²) in [4.78, 5) is 18.1. The smallest absolute Gasteiger partial charge is 0.328 e. The maximum absolute atomic E-state index is 11.1. The van der Waals surface area contributed by atoms with Gasteiger partial charge in [-0.05, 0) is 68.1 Å². The summed E-state index contributed by atoms with van der Waals surface area (Å²) in [5.41, 5.74) is 3.06. The van der Waals surface area contributed by atoms with E-state index in [0.717, 1.165) is 80.2 Å². The van der Waals surface area contributed by atoms with Crippen LogP contribution in [0.3, 0.4) is 0 Å². The molecule has 0 aliphatic carbocycles. The number of piperidine rings is 1. The second-order valence-electron chi connectivity index (χ2n) is 10.4. The molecule has 2 fully saturated rings. The highest BCUT2D eigenvalue weighted by Crippen LogP contribution is 2.44. The summed E-state index contributed by atoms with van der Waals surface area (Å²) >= 11 is 6.05. The molecule has 2 saturated heterocycles. The van der Waals surface area contributed by atoms with Gasteiger partial charge >= 0.3 is 5.97 Å². The molecule has 3 aliphatic rings. The van der Waals surface area contributed by atoms with Crippen LogP contribution < -0.4 is 9.47 Å². The Labute approximate surface area is 232 Å². The van der Waals surface area contributed by atoms with Gasteiger partial charge in [0.15, 0.2) is 17.6 Å². The Hall–Kier alpha value is -3.33. The Morgan fingerprint density at radius 2 is 1.92 bits per heavy atom. The van der Waals surface area contributed by atoms with E-state index < -0.39 is 5.97 Å². The molecule has 0 radical (unpaired) electrons. The molecule has 204 valence electrons. The number of carboxylic acids is 1. The summed E-state index contributed by atoms with van der Waals surface area (Å²) in [5.74, 6) is 2.03. The van der Waals surface area contributed by atoms with Crippen LogP contribution in [-0.4, -0.2) is 57.9 Å². The molecule has 3 aliphatic heterocycles. The van der Waals surface area contributed by atoms with Crippen LogP contribution in [0.4, 0.5) is 0 Å². The predicted molar refractivity (Wildman–Crippen MR) is 147 cm³/mol. The molecule has 0 bridgehead atoms. The Balaban J connectivity index is 1.11. The van der Waals surface area contributed by atoms with Gasteiger partial charge in [0.2, 0.25) is 0 Å². The number of carbonyl (C=O) groups is 1. The molecule has 0 unspecified atom stereocenters. The Morgan fingerprint density at radius 3 is 2.64 bits per heavy atom. The fourth-order valence-corrected chi connectivity index (χ4v) is 5.71. The Kier molecular flexibility index (Phi) is 7.59. The van der Waals surface area contributed by atoms with Gasteiger partial charge in [0.25, 0.3) is 0 Å². The lowest BCUT2D eigenvalue weighted by Gasteiger charge is -2.35. The van der Waals surface area contributed by atoms with E-state index in [1.54, 1.807) is 12.3 Å². The van der Waals surface area contributed by atoms with E-state index in [1.165, 1.54) is 5.56 Å². The third-order valence-electron chi connectivity index (χ3n) is 7.84. The number of nitrogens with zero attached hydrogens (tertiary/aromatic N) is 3. The summed E-state index contributed by atoms with van der Waals surface area (Å²) in [7, 11) is 0. The van der Waals surface area contributed by atoms with Crippen molar-refractivity contribution in [2.45, 2.75) is 50.5 Å². The summed E-state index contributed by atoms with van der Waals surface area (Å²) in [5, 5.41) is 9.77. The molecule has 39 heavy (non-hydrogen) atoms. The van der Waals surface area contributed by atoms with E-state index in [2.05, 4.69) is 26.6 Å². The third-order valence-corrected chi connectivity index (χ3v) is 8.09. The summed E-state index contributed by atoms with van der Waals surface area (Å²) in [6, 6.07) is 13.9. The monoisotopic (exact) mass is 549 g/mol. The number of hydrogen-bond donors (Lipinski definition) is 1. The first-order valence-corrected chi connectivity index (χ1v) is 13.9. The number of fused-ring (bicyclic) bond motifs is 1. The zero-order chi connectivity index (χ0) is 26.8. The highest BCUT2D eigenvalue weighted by molar-refractivity contribution is 6.30. The molecule has 6 rings (SSSR count). The fraction of sp³-hybridized carbons (Fsp3) is 0.400. The van der Waals surface area contributed by atoms with Crippen molar-refractivity contribution in [3.63, 3.8) is 0 Å².